The fourth-order valence-electron chi connectivity index (χ4n) is 4.20. The van der Waals surface area contributed by atoms with Crippen molar-refractivity contribution >= 4 is 39.4 Å². The van der Waals surface area contributed by atoms with E-state index in [4.69, 9.17) is 16.3 Å². The molecule has 0 unspecified atom stereocenters. The van der Waals surface area contributed by atoms with Crippen molar-refractivity contribution in [2.75, 3.05) is 6.54 Å². The highest BCUT2D eigenvalue weighted by Crippen LogP contribution is 2.38. The molecule has 4 rings (SSSR count). The lowest BCUT2D eigenvalue weighted by Crippen LogP contribution is -2.35. The zero-order chi connectivity index (χ0) is 23.6. The Morgan fingerprint density at radius 2 is 1.91 bits per heavy atom. The predicted molar refractivity (Wildman–Crippen MR) is 131 cm³/mol. The molecule has 0 saturated heterocycles. The molecule has 0 radical (unpaired) electrons. The zero-order valence-corrected chi connectivity index (χ0v) is 20.4. The third kappa shape index (κ3) is 5.57. The number of carboxylic acid groups (broad SMARTS) is 1. The second-order valence-corrected chi connectivity index (χ2v) is 9.83. The maximum absolute atomic E-state index is 13.3. The fourth-order valence-corrected chi connectivity index (χ4v) is 4.85. The Morgan fingerprint density at radius 1 is 1.12 bits per heavy atom. The summed E-state index contributed by atoms with van der Waals surface area (Å²) in [4.78, 5) is 26.0. The molecule has 0 aromatic heterocycles. The molecule has 0 spiro atoms. The average molecular weight is 529 g/mol. The Kier molecular flexibility index (Phi) is 6.77. The number of rotatable bonds is 7. The molecule has 1 heterocycles. The summed E-state index contributed by atoms with van der Waals surface area (Å²) in [7, 11) is 0. The van der Waals surface area contributed by atoms with Gasteiger partial charge in [0.05, 0.1) is 0 Å². The van der Waals surface area contributed by atoms with Gasteiger partial charge in [0, 0.05) is 34.4 Å². The molecule has 3 aromatic rings. The van der Waals surface area contributed by atoms with Crippen molar-refractivity contribution in [3.05, 3.63) is 98.5 Å². The highest BCUT2D eigenvalue weighted by Gasteiger charge is 2.36. The summed E-state index contributed by atoms with van der Waals surface area (Å²) in [6.07, 6.45) is 1.26. The Morgan fingerprint density at radius 3 is 2.64 bits per heavy atom. The number of aliphatic carboxylic acids is 1. The summed E-state index contributed by atoms with van der Waals surface area (Å²) in [5.41, 5.74) is 2.73. The molecule has 1 atom stereocenters. The van der Waals surface area contributed by atoms with Gasteiger partial charge in [0.15, 0.2) is 0 Å². The largest absolute Gasteiger partial charge is 0.487 e. The summed E-state index contributed by atoms with van der Waals surface area (Å²) in [5, 5.41) is 10.1. The van der Waals surface area contributed by atoms with Gasteiger partial charge in [-0.3, -0.25) is 9.59 Å². The molecular weight excluding hydrogens is 506 g/mol. The van der Waals surface area contributed by atoms with Crippen LogP contribution in [0.2, 0.25) is 5.02 Å². The molecule has 170 valence electrons. The van der Waals surface area contributed by atoms with Crippen LogP contribution in [-0.2, 0) is 24.2 Å². The molecule has 0 aliphatic carbocycles. The van der Waals surface area contributed by atoms with E-state index in [1.807, 2.05) is 61.5 Å². The van der Waals surface area contributed by atoms with Crippen LogP contribution in [0.15, 0.2) is 71.2 Å². The fraction of sp³-hybridized carbons (Fsp3) is 0.231. The van der Waals surface area contributed by atoms with Crippen LogP contribution in [0.1, 0.15) is 34.0 Å². The first-order valence-corrected chi connectivity index (χ1v) is 11.7. The van der Waals surface area contributed by atoms with Crippen molar-refractivity contribution in [3.8, 4) is 5.75 Å². The number of carboxylic acids is 1. The summed E-state index contributed by atoms with van der Waals surface area (Å²) in [6, 6.07) is 20.5. The van der Waals surface area contributed by atoms with E-state index >= 15 is 0 Å². The SMILES string of the molecule is C[C@@]1(Cc2ccccc2Cl)Cc2cc(C(=O)N(CC(=O)O)Cc3cccc(Br)c3)ccc2O1. The van der Waals surface area contributed by atoms with E-state index in [9.17, 15) is 14.7 Å². The molecule has 3 aromatic carbocycles. The van der Waals surface area contributed by atoms with Crippen LogP contribution in [0.25, 0.3) is 0 Å². The summed E-state index contributed by atoms with van der Waals surface area (Å²) in [6.45, 7) is 1.84. The number of fused-ring (bicyclic) bond motifs is 1. The lowest BCUT2D eigenvalue weighted by atomic mass is 9.91. The summed E-state index contributed by atoms with van der Waals surface area (Å²) < 4.78 is 7.11. The van der Waals surface area contributed by atoms with Gasteiger partial charge in [-0.15, -0.1) is 0 Å². The third-order valence-electron chi connectivity index (χ3n) is 5.63. The van der Waals surface area contributed by atoms with Crippen LogP contribution in [0, 0.1) is 0 Å². The standard InChI is InChI=1S/C26H23BrClNO4/c1-26(13-19-6-2-3-8-22(19)28)14-20-12-18(9-10-23(20)33-26)25(32)29(16-24(30)31)15-17-5-4-7-21(27)11-17/h2-12H,13-16H2,1H3,(H,30,31)/t26-/m1/s1. The lowest BCUT2D eigenvalue weighted by molar-refractivity contribution is -0.137. The van der Waals surface area contributed by atoms with E-state index in [0.717, 1.165) is 26.9 Å². The number of ether oxygens (including phenoxy) is 1. The van der Waals surface area contributed by atoms with E-state index in [0.29, 0.717) is 23.4 Å². The van der Waals surface area contributed by atoms with Crippen LogP contribution in [0.5, 0.6) is 5.75 Å². The van der Waals surface area contributed by atoms with E-state index in [2.05, 4.69) is 15.9 Å². The van der Waals surface area contributed by atoms with Crippen LogP contribution in [-0.4, -0.2) is 34.0 Å². The molecular formula is C26H23BrClNO4. The maximum Gasteiger partial charge on any atom is 0.323 e. The molecule has 0 fully saturated rings. The van der Waals surface area contributed by atoms with E-state index in [1.165, 1.54) is 4.90 Å². The normalized spacial score (nSPS) is 16.7. The second-order valence-electron chi connectivity index (χ2n) is 8.50. The number of carbonyl (C=O) groups is 2. The van der Waals surface area contributed by atoms with Crippen molar-refractivity contribution in [2.45, 2.75) is 31.9 Å². The second kappa shape index (κ2) is 9.57. The van der Waals surface area contributed by atoms with Crippen molar-refractivity contribution < 1.29 is 19.4 Å². The monoisotopic (exact) mass is 527 g/mol. The maximum atomic E-state index is 13.3. The van der Waals surface area contributed by atoms with Gasteiger partial charge >= 0.3 is 5.97 Å². The highest BCUT2D eigenvalue weighted by molar-refractivity contribution is 9.10. The zero-order valence-electron chi connectivity index (χ0n) is 18.1. The number of nitrogens with zero attached hydrogens (tertiary/aromatic N) is 1. The first-order chi connectivity index (χ1) is 15.7. The minimum atomic E-state index is -1.06. The molecule has 1 aliphatic rings. The Bertz CT molecular complexity index is 1210. The van der Waals surface area contributed by atoms with Gasteiger partial charge in [-0.05, 0) is 60.0 Å². The first-order valence-electron chi connectivity index (χ1n) is 10.5. The van der Waals surface area contributed by atoms with Crippen molar-refractivity contribution in [1.82, 2.24) is 4.90 Å². The minimum absolute atomic E-state index is 0.197. The number of hydrogen-bond donors (Lipinski definition) is 1. The number of carbonyl (C=O) groups excluding carboxylic acids is 1. The van der Waals surface area contributed by atoms with E-state index < -0.39 is 11.6 Å². The highest BCUT2D eigenvalue weighted by atomic mass is 79.9. The molecule has 5 nitrogen and oxygen atoms in total. The van der Waals surface area contributed by atoms with Crippen molar-refractivity contribution in [3.63, 3.8) is 0 Å². The minimum Gasteiger partial charge on any atom is -0.487 e. The van der Waals surface area contributed by atoms with Crippen LogP contribution < -0.4 is 4.74 Å². The first kappa shape index (κ1) is 23.3. The molecule has 33 heavy (non-hydrogen) atoms. The molecule has 7 heteroatoms. The number of amides is 1. The summed E-state index contributed by atoms with van der Waals surface area (Å²) >= 11 is 9.75. The number of hydrogen-bond acceptors (Lipinski definition) is 3. The van der Waals surface area contributed by atoms with Crippen molar-refractivity contribution in [1.29, 1.82) is 0 Å². The van der Waals surface area contributed by atoms with Gasteiger partial charge in [0.1, 0.15) is 17.9 Å². The quantitative estimate of drug-likeness (QED) is 0.423. The Labute approximate surface area is 206 Å². The smallest absolute Gasteiger partial charge is 0.323 e. The average Bonchev–Trinajstić information content (AvgIpc) is 3.09. The lowest BCUT2D eigenvalue weighted by Gasteiger charge is -2.24. The van der Waals surface area contributed by atoms with Crippen LogP contribution >= 0.6 is 27.5 Å². The molecule has 0 saturated carbocycles. The van der Waals surface area contributed by atoms with E-state index in [1.54, 1.807) is 12.1 Å². The molecule has 0 bridgehead atoms. The topological polar surface area (TPSA) is 66.8 Å². The Hall–Kier alpha value is -2.83. The molecule has 1 aliphatic heterocycles. The molecule has 1 amide bonds. The third-order valence-corrected chi connectivity index (χ3v) is 6.49. The van der Waals surface area contributed by atoms with Gasteiger partial charge in [-0.25, -0.2) is 0 Å². The van der Waals surface area contributed by atoms with Gasteiger partial charge in [-0.2, -0.15) is 0 Å². The number of benzene rings is 3. The van der Waals surface area contributed by atoms with Gasteiger partial charge in [0.25, 0.3) is 5.91 Å². The van der Waals surface area contributed by atoms with Gasteiger partial charge < -0.3 is 14.7 Å². The molecule has 1 N–H and O–H groups in total. The summed E-state index contributed by atoms with van der Waals surface area (Å²) in [5.74, 6) is -0.659. The van der Waals surface area contributed by atoms with Crippen LogP contribution in [0.4, 0.5) is 0 Å². The van der Waals surface area contributed by atoms with Crippen LogP contribution in [0.3, 0.4) is 0 Å². The predicted octanol–water partition coefficient (Wildman–Crippen LogP) is 5.77. The van der Waals surface area contributed by atoms with E-state index in [-0.39, 0.29) is 19.0 Å². The van der Waals surface area contributed by atoms with Gasteiger partial charge in [-0.1, -0.05) is 57.9 Å². The number of halogens is 2. The van der Waals surface area contributed by atoms with Crippen molar-refractivity contribution in [2.24, 2.45) is 0 Å². The Balaban J connectivity index is 1.54. The van der Waals surface area contributed by atoms with Gasteiger partial charge in [0.2, 0.25) is 0 Å².